The molecule has 1 aromatic heterocycles. The van der Waals surface area contributed by atoms with Gasteiger partial charge in [-0.05, 0) is 44.4 Å². The summed E-state index contributed by atoms with van der Waals surface area (Å²) in [7, 11) is 0. The lowest BCUT2D eigenvalue weighted by molar-refractivity contribution is 0.0228. The van der Waals surface area contributed by atoms with Gasteiger partial charge in [0.05, 0.1) is 29.7 Å². The number of hydrogen-bond donors (Lipinski definition) is 2. The van der Waals surface area contributed by atoms with Crippen molar-refractivity contribution in [1.29, 1.82) is 0 Å². The zero-order valence-corrected chi connectivity index (χ0v) is 14.0. The van der Waals surface area contributed by atoms with Crippen molar-refractivity contribution in [2.45, 2.75) is 38.3 Å². The predicted octanol–water partition coefficient (Wildman–Crippen LogP) is 2.20. The van der Waals surface area contributed by atoms with Crippen LogP contribution in [-0.4, -0.2) is 39.8 Å². The number of rotatable bonds is 5. The monoisotopic (exact) mass is 329 g/mol. The second kappa shape index (κ2) is 7.00. The lowest BCUT2D eigenvalue weighted by atomic mass is 10.0. The Morgan fingerprint density at radius 1 is 1.42 bits per heavy atom. The third-order valence-electron chi connectivity index (χ3n) is 4.35. The molecule has 1 fully saturated rings. The Kier molecular flexibility index (Phi) is 4.80. The first-order valence-corrected chi connectivity index (χ1v) is 8.21. The van der Waals surface area contributed by atoms with Crippen LogP contribution in [0.5, 0.6) is 0 Å². The summed E-state index contributed by atoms with van der Waals surface area (Å²) in [6, 6.07) is 7.58. The summed E-state index contributed by atoms with van der Waals surface area (Å²) in [4.78, 5) is 12.1. The highest BCUT2D eigenvalue weighted by molar-refractivity contribution is 5.74. The van der Waals surface area contributed by atoms with Gasteiger partial charge in [-0.15, -0.1) is 5.10 Å². The smallest absolute Gasteiger partial charge is 0.315 e. The van der Waals surface area contributed by atoms with Gasteiger partial charge in [0, 0.05) is 13.2 Å². The molecule has 7 nitrogen and oxygen atoms in total. The van der Waals surface area contributed by atoms with Gasteiger partial charge < -0.3 is 15.4 Å². The Bertz CT molecular complexity index is 663. The van der Waals surface area contributed by atoms with Gasteiger partial charge in [-0.25, -0.2) is 9.48 Å². The molecule has 2 amide bonds. The van der Waals surface area contributed by atoms with E-state index in [1.165, 1.54) is 0 Å². The second-order valence-electron chi connectivity index (χ2n) is 6.39. The zero-order valence-electron chi connectivity index (χ0n) is 14.0. The van der Waals surface area contributed by atoms with E-state index < -0.39 is 0 Å². The molecule has 0 radical (unpaired) electrons. The summed E-state index contributed by atoms with van der Waals surface area (Å²) in [6.45, 7) is 5.29. The molecule has 0 bridgehead atoms. The number of nitrogens with zero attached hydrogens (tertiary/aromatic N) is 3. The average molecular weight is 329 g/mol. The number of ether oxygens (including phenoxy) is 1. The van der Waals surface area contributed by atoms with Gasteiger partial charge in [0.15, 0.2) is 0 Å². The maximum atomic E-state index is 12.1. The molecule has 1 aromatic carbocycles. The number of hydrogen-bond acceptors (Lipinski definition) is 4. The maximum absolute atomic E-state index is 12.1. The molecule has 1 saturated heterocycles. The third-order valence-corrected chi connectivity index (χ3v) is 4.35. The Balaban J connectivity index is 1.52. The van der Waals surface area contributed by atoms with Crippen LogP contribution in [-0.2, 0) is 4.74 Å². The van der Waals surface area contributed by atoms with Crippen molar-refractivity contribution in [2.24, 2.45) is 0 Å². The number of aromatic nitrogens is 3. The molecule has 0 unspecified atom stereocenters. The van der Waals surface area contributed by atoms with Crippen LogP contribution in [0.3, 0.4) is 0 Å². The first-order valence-electron chi connectivity index (χ1n) is 8.21. The molecular weight excluding hydrogens is 306 g/mol. The largest absolute Gasteiger partial charge is 0.373 e. The fourth-order valence-electron chi connectivity index (χ4n) is 2.84. The van der Waals surface area contributed by atoms with E-state index in [1.54, 1.807) is 17.1 Å². The molecule has 128 valence electrons. The van der Waals surface area contributed by atoms with E-state index in [9.17, 15) is 4.79 Å². The molecule has 2 heterocycles. The highest BCUT2D eigenvalue weighted by atomic mass is 16.5. The normalized spacial score (nSPS) is 21.4. The topological polar surface area (TPSA) is 81.1 Å². The average Bonchev–Trinajstić information content (AvgIpc) is 3.25. The van der Waals surface area contributed by atoms with Crippen molar-refractivity contribution in [1.82, 2.24) is 25.6 Å². The van der Waals surface area contributed by atoms with Crippen molar-refractivity contribution >= 4 is 6.03 Å². The van der Waals surface area contributed by atoms with Crippen LogP contribution in [0.15, 0.2) is 36.7 Å². The van der Waals surface area contributed by atoms with E-state index in [0.29, 0.717) is 6.54 Å². The van der Waals surface area contributed by atoms with E-state index in [2.05, 4.69) is 20.9 Å². The highest BCUT2D eigenvalue weighted by Gasteiger charge is 2.30. The minimum atomic E-state index is -0.236. The standard InChI is InChI=1S/C17H23N5O2/c1-13(20-16(23)18-12-17(2)8-3-11-24-17)14-4-6-15(7-5-14)22-10-9-19-21-22/h4-7,9-10,13H,3,8,11-12H2,1-2H3,(H2,18,20,23)/t13-,17-/m1/s1. The molecule has 7 heteroatoms. The minimum absolute atomic E-state index is 0.0906. The maximum Gasteiger partial charge on any atom is 0.315 e. The Hall–Kier alpha value is -2.41. The molecule has 3 rings (SSSR count). The summed E-state index contributed by atoms with van der Waals surface area (Å²) in [5.41, 5.74) is 1.72. The number of carbonyl (C=O) groups is 1. The van der Waals surface area contributed by atoms with E-state index in [1.807, 2.05) is 38.1 Å². The molecular formula is C17H23N5O2. The Labute approximate surface area is 141 Å². The van der Waals surface area contributed by atoms with Gasteiger partial charge in [-0.2, -0.15) is 0 Å². The van der Waals surface area contributed by atoms with Crippen LogP contribution in [0.2, 0.25) is 0 Å². The fourth-order valence-corrected chi connectivity index (χ4v) is 2.84. The van der Waals surface area contributed by atoms with Crippen molar-refractivity contribution in [2.75, 3.05) is 13.2 Å². The molecule has 24 heavy (non-hydrogen) atoms. The van der Waals surface area contributed by atoms with E-state index >= 15 is 0 Å². The summed E-state index contributed by atoms with van der Waals surface area (Å²) in [6.07, 6.45) is 5.45. The molecule has 0 aliphatic carbocycles. The first kappa shape index (κ1) is 16.4. The molecule has 0 saturated carbocycles. The van der Waals surface area contributed by atoms with Crippen molar-refractivity contribution < 1.29 is 9.53 Å². The van der Waals surface area contributed by atoms with Crippen molar-refractivity contribution in [3.63, 3.8) is 0 Å². The Morgan fingerprint density at radius 3 is 2.83 bits per heavy atom. The van der Waals surface area contributed by atoms with Crippen molar-refractivity contribution in [3.8, 4) is 5.69 Å². The molecule has 0 spiro atoms. The van der Waals surface area contributed by atoms with Gasteiger partial charge in [-0.3, -0.25) is 0 Å². The lowest BCUT2D eigenvalue weighted by Gasteiger charge is -2.24. The predicted molar refractivity (Wildman–Crippen MR) is 89.9 cm³/mol. The van der Waals surface area contributed by atoms with Gasteiger partial charge in [-0.1, -0.05) is 17.3 Å². The summed E-state index contributed by atoms with van der Waals surface area (Å²) < 4.78 is 7.36. The number of carbonyl (C=O) groups excluding carboxylic acids is 1. The van der Waals surface area contributed by atoms with Gasteiger partial charge in [0.25, 0.3) is 0 Å². The minimum Gasteiger partial charge on any atom is -0.373 e. The summed E-state index contributed by atoms with van der Waals surface area (Å²) in [5.74, 6) is 0. The third kappa shape index (κ3) is 3.91. The first-order chi connectivity index (χ1) is 11.6. The number of urea groups is 1. The van der Waals surface area contributed by atoms with Crippen LogP contribution >= 0.6 is 0 Å². The summed E-state index contributed by atoms with van der Waals surface area (Å²) >= 11 is 0. The molecule has 2 aromatic rings. The van der Waals surface area contributed by atoms with Gasteiger partial charge in [0.1, 0.15) is 0 Å². The molecule has 1 aliphatic rings. The highest BCUT2D eigenvalue weighted by Crippen LogP contribution is 2.23. The van der Waals surface area contributed by atoms with Gasteiger partial charge in [0.2, 0.25) is 0 Å². The SMILES string of the molecule is C[C@@H](NC(=O)NC[C@@]1(C)CCCO1)c1ccc(-n2ccnn2)cc1. The Morgan fingerprint density at radius 2 is 2.21 bits per heavy atom. The van der Waals surface area contributed by atoms with Crippen molar-refractivity contribution in [3.05, 3.63) is 42.2 Å². The van der Waals surface area contributed by atoms with E-state index in [-0.39, 0.29) is 17.7 Å². The second-order valence-corrected chi connectivity index (χ2v) is 6.39. The van der Waals surface area contributed by atoms with E-state index in [4.69, 9.17) is 4.74 Å². The number of nitrogens with one attached hydrogen (secondary N) is 2. The zero-order chi connectivity index (χ0) is 17.0. The fraction of sp³-hybridized carbons (Fsp3) is 0.471. The van der Waals surface area contributed by atoms with E-state index in [0.717, 1.165) is 30.7 Å². The van der Waals surface area contributed by atoms with Gasteiger partial charge >= 0.3 is 6.03 Å². The van der Waals surface area contributed by atoms with Crippen LogP contribution in [0.1, 0.15) is 38.3 Å². The van der Waals surface area contributed by atoms with Crippen LogP contribution < -0.4 is 10.6 Å². The molecule has 2 N–H and O–H groups in total. The van der Waals surface area contributed by atoms with Crippen LogP contribution in [0.25, 0.3) is 5.69 Å². The number of benzene rings is 1. The summed E-state index contributed by atoms with van der Waals surface area (Å²) in [5, 5.41) is 13.6. The molecule has 2 atom stereocenters. The van der Waals surface area contributed by atoms with Crippen LogP contribution in [0.4, 0.5) is 4.79 Å². The van der Waals surface area contributed by atoms with Crippen LogP contribution in [0, 0.1) is 0 Å². The molecule has 1 aliphatic heterocycles. The number of amides is 2. The quantitative estimate of drug-likeness (QED) is 0.881. The lowest BCUT2D eigenvalue weighted by Crippen LogP contribution is -2.45.